The maximum atomic E-state index is 3.43. The Labute approximate surface area is 70.7 Å². The van der Waals surface area contributed by atoms with Gasteiger partial charge in [-0.1, -0.05) is 0 Å². The van der Waals surface area contributed by atoms with Gasteiger partial charge in [0, 0.05) is 25.2 Å². The van der Waals surface area contributed by atoms with Gasteiger partial charge in [0.2, 0.25) is 0 Å². The molecule has 1 rings (SSSR count). The molecule has 0 aromatic heterocycles. The molecule has 11 heavy (non-hydrogen) atoms. The van der Waals surface area contributed by atoms with Crippen molar-refractivity contribution < 1.29 is 0 Å². The van der Waals surface area contributed by atoms with Gasteiger partial charge in [0.25, 0.3) is 0 Å². The van der Waals surface area contributed by atoms with Crippen molar-refractivity contribution in [2.24, 2.45) is 0 Å². The maximum absolute atomic E-state index is 3.43. The Balaban J connectivity index is 2.55. The zero-order valence-electron chi connectivity index (χ0n) is 8.09. The van der Waals surface area contributed by atoms with Crippen LogP contribution in [-0.2, 0) is 0 Å². The van der Waals surface area contributed by atoms with Crippen LogP contribution in [0.25, 0.3) is 0 Å². The van der Waals surface area contributed by atoms with E-state index in [0.29, 0.717) is 18.0 Å². The van der Waals surface area contributed by atoms with Crippen LogP contribution in [0.2, 0.25) is 0 Å². The van der Waals surface area contributed by atoms with E-state index in [1.165, 1.54) is 0 Å². The summed E-state index contributed by atoms with van der Waals surface area (Å²) < 4.78 is 0. The first-order valence-corrected chi connectivity index (χ1v) is 4.61. The average molecular weight is 154 g/mol. The molecule has 2 unspecified atom stereocenters. The van der Waals surface area contributed by atoms with E-state index in [4.69, 9.17) is 0 Å². The molecule has 2 nitrogen and oxygen atoms in total. The molecule has 0 spiro atoms. The van der Waals surface area contributed by atoms with E-state index in [0.717, 1.165) is 13.1 Å². The first kappa shape index (κ1) is 9.08. The van der Waals surface area contributed by atoms with Gasteiger partial charge < -0.3 is 10.2 Å². The van der Waals surface area contributed by atoms with Crippen molar-refractivity contribution in [2.75, 3.05) is 13.1 Å². The van der Waals surface area contributed by atoms with Crippen molar-refractivity contribution in [3.05, 3.63) is 0 Å². The van der Waals surface area contributed by atoms with Crippen LogP contribution in [-0.4, -0.2) is 43.9 Å². The zero-order chi connectivity index (χ0) is 8.43. The largest absolute Gasteiger partial charge is 0.314 e. The summed E-state index contributed by atoms with van der Waals surface area (Å²) in [6, 6.07) is 1.38. The molecule has 1 N–H and O–H groups in total. The summed E-state index contributed by atoms with van der Waals surface area (Å²) in [7, 11) is 2.29. The standard InChI is InChI=1S/C8H19BN2/c1-6(2)11-7(3)4-10-5-8(11)9/h6-8,10H,4-5,9H2,1-3H3. The van der Waals surface area contributed by atoms with Crippen LogP contribution in [0.15, 0.2) is 0 Å². The highest BCUT2D eigenvalue weighted by Crippen LogP contribution is 2.11. The average Bonchev–Trinajstić information content (AvgIpc) is 1.85. The fourth-order valence-corrected chi connectivity index (χ4v) is 2.16. The molecule has 0 aliphatic carbocycles. The number of nitrogens with one attached hydrogen (secondary N) is 1. The second-order valence-corrected chi connectivity index (χ2v) is 3.90. The summed E-state index contributed by atoms with van der Waals surface area (Å²) in [4.78, 5) is 2.58. The molecule has 0 bridgehead atoms. The Hall–Kier alpha value is -0.0151. The molecule has 2 atom stereocenters. The molecule has 0 saturated carbocycles. The molecule has 1 aliphatic rings. The van der Waals surface area contributed by atoms with Gasteiger partial charge in [0.1, 0.15) is 7.85 Å². The molecule has 1 saturated heterocycles. The minimum absolute atomic E-state index is 0.682. The van der Waals surface area contributed by atoms with Crippen molar-refractivity contribution in [1.29, 1.82) is 0 Å². The number of hydrogen-bond donors (Lipinski definition) is 1. The highest BCUT2D eigenvalue weighted by Gasteiger charge is 2.25. The molecule has 1 fully saturated rings. The number of hydrogen-bond acceptors (Lipinski definition) is 2. The molecule has 0 amide bonds. The van der Waals surface area contributed by atoms with Gasteiger partial charge in [-0.05, 0) is 26.7 Å². The summed E-state index contributed by atoms with van der Waals surface area (Å²) in [5.41, 5.74) is 0. The van der Waals surface area contributed by atoms with Crippen LogP contribution in [0, 0.1) is 0 Å². The van der Waals surface area contributed by atoms with Crippen LogP contribution >= 0.6 is 0 Å². The third-order valence-corrected chi connectivity index (χ3v) is 2.49. The predicted molar refractivity (Wildman–Crippen MR) is 51.6 cm³/mol. The lowest BCUT2D eigenvalue weighted by Crippen LogP contribution is -2.58. The topological polar surface area (TPSA) is 15.3 Å². The van der Waals surface area contributed by atoms with E-state index < -0.39 is 0 Å². The third kappa shape index (κ3) is 1.97. The minimum Gasteiger partial charge on any atom is -0.314 e. The second kappa shape index (κ2) is 3.59. The minimum atomic E-state index is 0.682. The monoisotopic (exact) mass is 154 g/mol. The van der Waals surface area contributed by atoms with Crippen LogP contribution in [0.3, 0.4) is 0 Å². The van der Waals surface area contributed by atoms with Gasteiger partial charge in [0.05, 0.1) is 0 Å². The smallest absolute Gasteiger partial charge is 0.125 e. The molecular weight excluding hydrogens is 135 g/mol. The quantitative estimate of drug-likeness (QED) is 0.519. The summed E-state index contributed by atoms with van der Waals surface area (Å²) in [6.45, 7) is 9.13. The van der Waals surface area contributed by atoms with Crippen molar-refractivity contribution in [2.45, 2.75) is 38.8 Å². The Morgan fingerprint density at radius 1 is 1.45 bits per heavy atom. The first-order chi connectivity index (χ1) is 5.13. The van der Waals surface area contributed by atoms with E-state index in [9.17, 15) is 0 Å². The van der Waals surface area contributed by atoms with Crippen molar-refractivity contribution >= 4 is 7.85 Å². The highest BCUT2D eigenvalue weighted by atomic mass is 15.2. The van der Waals surface area contributed by atoms with E-state index in [-0.39, 0.29) is 0 Å². The first-order valence-electron chi connectivity index (χ1n) is 4.61. The second-order valence-electron chi connectivity index (χ2n) is 3.90. The van der Waals surface area contributed by atoms with Gasteiger partial charge in [-0.15, -0.1) is 0 Å². The number of rotatable bonds is 1. The molecule has 1 heterocycles. The molecule has 0 radical (unpaired) electrons. The molecule has 64 valence electrons. The van der Waals surface area contributed by atoms with Gasteiger partial charge in [-0.3, -0.25) is 0 Å². The lowest BCUT2D eigenvalue weighted by Gasteiger charge is -2.42. The van der Waals surface area contributed by atoms with E-state index in [1.54, 1.807) is 0 Å². The molecular formula is C8H19BN2. The molecule has 1 aliphatic heterocycles. The Morgan fingerprint density at radius 2 is 2.09 bits per heavy atom. The van der Waals surface area contributed by atoms with Gasteiger partial charge >= 0.3 is 0 Å². The Bertz CT molecular complexity index is 117. The lowest BCUT2D eigenvalue weighted by molar-refractivity contribution is 0.113. The summed E-state index contributed by atoms with van der Waals surface area (Å²) in [5.74, 6) is 0.693. The maximum Gasteiger partial charge on any atom is 0.125 e. The molecule has 0 aromatic carbocycles. The van der Waals surface area contributed by atoms with Gasteiger partial charge in [0.15, 0.2) is 0 Å². The third-order valence-electron chi connectivity index (χ3n) is 2.49. The zero-order valence-corrected chi connectivity index (χ0v) is 8.09. The SMILES string of the molecule is BC1CNCC(C)N1C(C)C. The van der Waals surface area contributed by atoms with Crippen molar-refractivity contribution in [3.8, 4) is 0 Å². The van der Waals surface area contributed by atoms with Crippen LogP contribution in [0.1, 0.15) is 20.8 Å². The lowest BCUT2D eigenvalue weighted by atomic mass is 9.89. The van der Waals surface area contributed by atoms with E-state index in [1.807, 2.05) is 0 Å². The summed E-state index contributed by atoms with van der Waals surface area (Å²) >= 11 is 0. The molecule has 0 aromatic rings. The Kier molecular flexibility index (Phi) is 2.96. The predicted octanol–water partition coefficient (Wildman–Crippen LogP) is -0.352. The van der Waals surface area contributed by atoms with Crippen molar-refractivity contribution in [1.82, 2.24) is 10.2 Å². The van der Waals surface area contributed by atoms with Crippen LogP contribution in [0.4, 0.5) is 0 Å². The van der Waals surface area contributed by atoms with Gasteiger partial charge in [-0.2, -0.15) is 0 Å². The number of piperazine rings is 1. The van der Waals surface area contributed by atoms with Crippen LogP contribution < -0.4 is 5.32 Å². The molecule has 3 heteroatoms. The number of nitrogens with zero attached hydrogens (tertiary/aromatic N) is 1. The Morgan fingerprint density at radius 3 is 2.45 bits per heavy atom. The van der Waals surface area contributed by atoms with Gasteiger partial charge in [-0.25, -0.2) is 0 Å². The van der Waals surface area contributed by atoms with Crippen molar-refractivity contribution in [3.63, 3.8) is 0 Å². The summed E-state index contributed by atoms with van der Waals surface area (Å²) in [5, 5.41) is 3.43. The van der Waals surface area contributed by atoms with E-state index >= 15 is 0 Å². The normalized spacial score (nSPS) is 34.5. The fraction of sp³-hybridized carbons (Fsp3) is 1.00. The fourth-order valence-electron chi connectivity index (χ4n) is 2.16. The highest BCUT2D eigenvalue weighted by molar-refractivity contribution is 6.12. The van der Waals surface area contributed by atoms with E-state index in [2.05, 4.69) is 38.8 Å². The summed E-state index contributed by atoms with van der Waals surface area (Å²) in [6.07, 6.45) is 0. The van der Waals surface area contributed by atoms with Crippen LogP contribution in [0.5, 0.6) is 0 Å².